The van der Waals surface area contributed by atoms with Crippen LogP contribution in [0.15, 0.2) is 35.2 Å². The van der Waals surface area contributed by atoms with Gasteiger partial charge < -0.3 is 4.74 Å². The third-order valence-electron chi connectivity index (χ3n) is 4.70. The molecule has 1 saturated heterocycles. The molecule has 1 aliphatic heterocycles. The van der Waals surface area contributed by atoms with Crippen LogP contribution in [0.4, 0.5) is 0 Å². The molecule has 0 saturated carbocycles. The molecule has 1 fully saturated rings. The Hall–Kier alpha value is -1.42. The molecule has 1 aromatic heterocycles. The van der Waals surface area contributed by atoms with Gasteiger partial charge in [0.1, 0.15) is 5.75 Å². The lowest BCUT2D eigenvalue weighted by Gasteiger charge is -2.27. The number of hydrogen-bond acceptors (Lipinski definition) is 6. The monoisotopic (exact) mass is 429 g/mol. The minimum absolute atomic E-state index is 0.0218. The number of thiophene rings is 1. The van der Waals surface area contributed by atoms with Crippen LogP contribution in [0.1, 0.15) is 21.7 Å². The lowest BCUT2D eigenvalue weighted by molar-refractivity contribution is 0.334. The van der Waals surface area contributed by atoms with E-state index in [2.05, 4.69) is 0 Å². The van der Waals surface area contributed by atoms with Gasteiger partial charge in [0.25, 0.3) is 0 Å². The normalized spacial score (nSPS) is 19.5. The van der Waals surface area contributed by atoms with Crippen LogP contribution in [-0.2, 0) is 26.4 Å². The van der Waals surface area contributed by atoms with Crippen molar-refractivity contribution in [3.8, 4) is 5.75 Å². The quantitative estimate of drug-likeness (QED) is 0.705. The van der Waals surface area contributed by atoms with Crippen molar-refractivity contribution in [3.05, 3.63) is 45.6 Å². The molecule has 0 radical (unpaired) electrons. The first-order valence-electron chi connectivity index (χ1n) is 8.54. The van der Waals surface area contributed by atoms with E-state index in [1.807, 2.05) is 6.92 Å². The van der Waals surface area contributed by atoms with Gasteiger partial charge in [-0.1, -0.05) is 12.1 Å². The van der Waals surface area contributed by atoms with Gasteiger partial charge in [0, 0.05) is 22.3 Å². The Morgan fingerprint density at radius 2 is 1.89 bits per heavy atom. The van der Waals surface area contributed by atoms with E-state index in [-0.39, 0.29) is 22.9 Å². The topological polar surface area (TPSA) is 80.8 Å². The fourth-order valence-electron chi connectivity index (χ4n) is 3.31. The molecule has 0 bridgehead atoms. The molecule has 0 amide bonds. The Labute approximate surface area is 164 Å². The predicted octanol–water partition coefficient (Wildman–Crippen LogP) is 2.75. The number of benzene rings is 1. The number of methoxy groups -OCH3 is 1. The summed E-state index contributed by atoms with van der Waals surface area (Å²) in [7, 11) is -5.46. The average molecular weight is 430 g/mol. The largest absolute Gasteiger partial charge is 0.497 e. The van der Waals surface area contributed by atoms with Crippen molar-refractivity contribution in [2.45, 2.75) is 37.8 Å². The maximum absolute atomic E-state index is 13.4. The van der Waals surface area contributed by atoms with Crippen LogP contribution in [-0.4, -0.2) is 45.8 Å². The zero-order valence-electron chi connectivity index (χ0n) is 15.5. The van der Waals surface area contributed by atoms with Crippen molar-refractivity contribution in [3.63, 3.8) is 0 Å². The summed E-state index contributed by atoms with van der Waals surface area (Å²) in [5.74, 6) is 0.569. The molecular formula is C18H23NO5S3. The second-order valence-corrected chi connectivity index (χ2v) is 12.3. The molecule has 1 aliphatic rings. The summed E-state index contributed by atoms with van der Waals surface area (Å²) >= 11 is 1.43. The number of sulfonamides is 1. The number of ether oxygens (including phenoxy) is 1. The van der Waals surface area contributed by atoms with Crippen LogP contribution in [0, 0.1) is 13.8 Å². The molecule has 148 valence electrons. The summed E-state index contributed by atoms with van der Waals surface area (Å²) in [5.41, 5.74) is 0.785. The summed E-state index contributed by atoms with van der Waals surface area (Å²) < 4.78 is 57.3. The third kappa shape index (κ3) is 4.37. The second kappa shape index (κ2) is 7.54. The smallest absolute Gasteiger partial charge is 0.244 e. The summed E-state index contributed by atoms with van der Waals surface area (Å²) in [6, 6.07) is 8.26. The van der Waals surface area contributed by atoms with Gasteiger partial charge in [-0.2, -0.15) is 4.31 Å². The van der Waals surface area contributed by atoms with Crippen molar-refractivity contribution < 1.29 is 21.6 Å². The summed E-state index contributed by atoms with van der Waals surface area (Å²) in [4.78, 5) is 1.89. The second-order valence-electron chi connectivity index (χ2n) is 6.73. The van der Waals surface area contributed by atoms with Crippen LogP contribution in [0.5, 0.6) is 5.75 Å². The van der Waals surface area contributed by atoms with E-state index in [0.29, 0.717) is 17.0 Å². The Bertz CT molecular complexity index is 1020. The molecule has 3 rings (SSSR count). The van der Waals surface area contributed by atoms with Crippen LogP contribution >= 0.6 is 11.3 Å². The van der Waals surface area contributed by atoms with Gasteiger partial charge in [-0.05, 0) is 44.0 Å². The zero-order chi connectivity index (χ0) is 19.8. The number of aryl methyl sites for hydroxylation is 2. The SMILES string of the molecule is COc1ccc(CN([C@H]2CCS(=O)(=O)C2)S(=O)(=O)c2cc(C)sc2C)cc1. The zero-order valence-corrected chi connectivity index (χ0v) is 18.0. The molecule has 2 heterocycles. The number of sulfone groups is 1. The van der Waals surface area contributed by atoms with E-state index in [1.54, 1.807) is 44.4 Å². The standard InChI is InChI=1S/C18H23NO5S3/c1-13-10-18(14(2)25-13)27(22,23)19(16-8-9-26(20,21)12-16)11-15-4-6-17(24-3)7-5-15/h4-7,10,16H,8-9,11-12H2,1-3H3/t16-/m0/s1. The highest BCUT2D eigenvalue weighted by atomic mass is 32.2. The highest BCUT2D eigenvalue weighted by Crippen LogP contribution is 2.32. The summed E-state index contributed by atoms with van der Waals surface area (Å²) in [6.45, 7) is 3.77. The maximum atomic E-state index is 13.4. The van der Waals surface area contributed by atoms with Gasteiger partial charge in [0.2, 0.25) is 10.0 Å². The number of nitrogens with zero attached hydrogens (tertiary/aromatic N) is 1. The first kappa shape index (κ1) is 20.3. The maximum Gasteiger partial charge on any atom is 0.244 e. The van der Waals surface area contributed by atoms with Crippen molar-refractivity contribution in [1.29, 1.82) is 0 Å². The molecule has 0 spiro atoms. The molecule has 0 unspecified atom stereocenters. The molecule has 6 nitrogen and oxygen atoms in total. The Morgan fingerprint density at radius 3 is 2.37 bits per heavy atom. The van der Waals surface area contributed by atoms with E-state index in [9.17, 15) is 16.8 Å². The van der Waals surface area contributed by atoms with Crippen molar-refractivity contribution in [1.82, 2.24) is 4.31 Å². The highest BCUT2D eigenvalue weighted by Gasteiger charge is 2.39. The number of rotatable bonds is 6. The molecule has 2 aromatic rings. The lowest BCUT2D eigenvalue weighted by atomic mass is 10.2. The molecule has 1 aromatic carbocycles. The summed E-state index contributed by atoms with van der Waals surface area (Å²) in [5, 5.41) is 0. The van der Waals surface area contributed by atoms with Gasteiger partial charge >= 0.3 is 0 Å². The first-order chi connectivity index (χ1) is 12.6. The minimum Gasteiger partial charge on any atom is -0.497 e. The molecule has 0 N–H and O–H groups in total. The predicted molar refractivity (Wildman–Crippen MR) is 107 cm³/mol. The van der Waals surface area contributed by atoms with Crippen molar-refractivity contribution in [2.24, 2.45) is 0 Å². The fraction of sp³-hybridized carbons (Fsp3) is 0.444. The Morgan fingerprint density at radius 1 is 1.22 bits per heavy atom. The molecule has 9 heteroatoms. The van der Waals surface area contributed by atoms with Crippen molar-refractivity contribution in [2.75, 3.05) is 18.6 Å². The van der Waals surface area contributed by atoms with E-state index >= 15 is 0 Å². The molecular weight excluding hydrogens is 406 g/mol. The minimum atomic E-state index is -3.81. The molecule has 27 heavy (non-hydrogen) atoms. The van der Waals surface area contributed by atoms with Crippen LogP contribution in [0.2, 0.25) is 0 Å². The van der Waals surface area contributed by atoms with Gasteiger partial charge in [-0.25, -0.2) is 16.8 Å². The Balaban J connectivity index is 2.00. The third-order valence-corrected chi connectivity index (χ3v) is 9.57. The van der Waals surface area contributed by atoms with Crippen LogP contribution in [0.3, 0.4) is 0 Å². The van der Waals surface area contributed by atoms with Crippen LogP contribution in [0.25, 0.3) is 0 Å². The fourth-order valence-corrected chi connectivity index (χ4v) is 8.31. The molecule has 0 aliphatic carbocycles. The van der Waals surface area contributed by atoms with Gasteiger partial charge in [-0.15, -0.1) is 11.3 Å². The van der Waals surface area contributed by atoms with Gasteiger partial charge in [0.05, 0.1) is 23.5 Å². The van der Waals surface area contributed by atoms with Gasteiger partial charge in [0.15, 0.2) is 9.84 Å². The Kier molecular flexibility index (Phi) is 5.67. The van der Waals surface area contributed by atoms with E-state index < -0.39 is 25.9 Å². The average Bonchev–Trinajstić information content (AvgIpc) is 3.14. The lowest BCUT2D eigenvalue weighted by Crippen LogP contribution is -2.40. The van der Waals surface area contributed by atoms with E-state index in [0.717, 1.165) is 10.4 Å². The summed E-state index contributed by atoms with van der Waals surface area (Å²) in [6.07, 6.45) is 0.319. The molecule has 1 atom stereocenters. The van der Waals surface area contributed by atoms with Crippen molar-refractivity contribution >= 4 is 31.2 Å². The number of hydrogen-bond donors (Lipinski definition) is 0. The first-order valence-corrected chi connectivity index (χ1v) is 12.6. The van der Waals surface area contributed by atoms with E-state index in [4.69, 9.17) is 4.74 Å². The van der Waals surface area contributed by atoms with Gasteiger partial charge in [-0.3, -0.25) is 0 Å². The highest BCUT2D eigenvalue weighted by molar-refractivity contribution is 7.92. The van der Waals surface area contributed by atoms with Crippen LogP contribution < -0.4 is 4.74 Å². The van der Waals surface area contributed by atoms with E-state index in [1.165, 1.54) is 15.6 Å².